The maximum absolute atomic E-state index is 12.5. The minimum atomic E-state index is 0.0258. The first-order valence-electron chi connectivity index (χ1n) is 9.78. The van der Waals surface area contributed by atoms with Crippen LogP contribution in [0, 0.1) is 0 Å². The maximum atomic E-state index is 12.5. The second kappa shape index (κ2) is 9.89. The summed E-state index contributed by atoms with van der Waals surface area (Å²) in [4.78, 5) is 14.6. The van der Waals surface area contributed by atoms with Crippen molar-refractivity contribution in [2.24, 2.45) is 0 Å². The molecule has 0 fully saturated rings. The molecule has 29 heavy (non-hydrogen) atoms. The second-order valence-corrected chi connectivity index (χ2v) is 7.30. The Bertz CT molecular complexity index is 904. The number of hydrogen-bond donors (Lipinski definition) is 1. The van der Waals surface area contributed by atoms with Crippen molar-refractivity contribution < 1.29 is 9.53 Å². The molecular weight excluding hydrogens is 360 g/mol. The summed E-state index contributed by atoms with van der Waals surface area (Å²) in [5, 5.41) is 3.07. The second-order valence-electron chi connectivity index (χ2n) is 7.30. The predicted molar refractivity (Wildman–Crippen MR) is 118 cm³/mol. The molecule has 0 aliphatic carbocycles. The molecular formula is C25H28N2O2. The van der Waals surface area contributed by atoms with Crippen LogP contribution in [0.25, 0.3) is 11.1 Å². The lowest BCUT2D eigenvalue weighted by Crippen LogP contribution is -2.35. The molecule has 0 radical (unpaired) electrons. The number of nitrogens with zero attached hydrogens (tertiary/aromatic N) is 1. The summed E-state index contributed by atoms with van der Waals surface area (Å²) in [6.07, 6.45) is 0.373. The van der Waals surface area contributed by atoms with E-state index in [-0.39, 0.29) is 11.9 Å². The van der Waals surface area contributed by atoms with Crippen LogP contribution >= 0.6 is 0 Å². The smallest absolute Gasteiger partial charge is 0.224 e. The van der Waals surface area contributed by atoms with Gasteiger partial charge in [0.25, 0.3) is 0 Å². The van der Waals surface area contributed by atoms with Crippen LogP contribution in [0.15, 0.2) is 78.9 Å². The van der Waals surface area contributed by atoms with E-state index in [9.17, 15) is 4.79 Å². The first kappa shape index (κ1) is 20.6. The van der Waals surface area contributed by atoms with Crippen molar-refractivity contribution in [2.45, 2.75) is 12.5 Å². The number of rotatable bonds is 8. The first-order chi connectivity index (χ1) is 14.1. The Morgan fingerprint density at radius 3 is 2.10 bits per heavy atom. The van der Waals surface area contributed by atoms with Crippen molar-refractivity contribution >= 4 is 5.91 Å². The van der Waals surface area contributed by atoms with Crippen molar-refractivity contribution in [1.29, 1.82) is 0 Å². The van der Waals surface area contributed by atoms with E-state index in [0.29, 0.717) is 13.0 Å². The van der Waals surface area contributed by atoms with Crippen LogP contribution in [-0.2, 0) is 11.2 Å². The Labute approximate surface area is 173 Å². The van der Waals surface area contributed by atoms with Gasteiger partial charge in [-0.05, 0) is 48.5 Å². The molecule has 1 N–H and O–H groups in total. The van der Waals surface area contributed by atoms with Gasteiger partial charge in [-0.15, -0.1) is 0 Å². The van der Waals surface area contributed by atoms with Gasteiger partial charge in [-0.25, -0.2) is 0 Å². The van der Waals surface area contributed by atoms with E-state index in [2.05, 4.69) is 34.5 Å². The van der Waals surface area contributed by atoms with Crippen LogP contribution < -0.4 is 10.1 Å². The number of benzene rings is 3. The molecule has 3 aromatic rings. The molecule has 4 nitrogen and oxygen atoms in total. The lowest BCUT2D eigenvalue weighted by molar-refractivity contribution is -0.120. The molecule has 1 atom stereocenters. The van der Waals surface area contributed by atoms with Crippen LogP contribution in [0.4, 0.5) is 0 Å². The monoisotopic (exact) mass is 388 g/mol. The third kappa shape index (κ3) is 5.69. The van der Waals surface area contributed by atoms with E-state index in [1.807, 2.05) is 68.7 Å². The largest absolute Gasteiger partial charge is 0.497 e. The average molecular weight is 389 g/mol. The van der Waals surface area contributed by atoms with Gasteiger partial charge in [0.05, 0.1) is 19.6 Å². The van der Waals surface area contributed by atoms with Crippen LogP contribution in [0.1, 0.15) is 17.2 Å². The van der Waals surface area contributed by atoms with Crippen LogP contribution in [-0.4, -0.2) is 38.6 Å². The zero-order valence-corrected chi connectivity index (χ0v) is 17.3. The molecule has 0 heterocycles. The van der Waals surface area contributed by atoms with E-state index >= 15 is 0 Å². The molecule has 0 aliphatic rings. The lowest BCUT2D eigenvalue weighted by atomic mass is 10.0. The van der Waals surface area contributed by atoms with E-state index in [1.54, 1.807) is 7.11 Å². The number of methoxy groups -OCH3 is 1. The zero-order chi connectivity index (χ0) is 20.6. The van der Waals surface area contributed by atoms with Gasteiger partial charge < -0.3 is 15.0 Å². The summed E-state index contributed by atoms with van der Waals surface area (Å²) in [6, 6.07) is 26.5. The highest BCUT2D eigenvalue weighted by Gasteiger charge is 2.15. The fourth-order valence-electron chi connectivity index (χ4n) is 3.33. The van der Waals surface area contributed by atoms with E-state index in [4.69, 9.17) is 4.74 Å². The van der Waals surface area contributed by atoms with Gasteiger partial charge in [-0.2, -0.15) is 0 Å². The molecule has 0 bridgehead atoms. The molecule has 4 heteroatoms. The average Bonchev–Trinajstić information content (AvgIpc) is 2.75. The molecule has 0 saturated heterocycles. The van der Waals surface area contributed by atoms with Crippen LogP contribution in [0.2, 0.25) is 0 Å². The fourth-order valence-corrected chi connectivity index (χ4v) is 3.33. The Kier molecular flexibility index (Phi) is 7.04. The van der Waals surface area contributed by atoms with Gasteiger partial charge in [-0.3, -0.25) is 4.79 Å². The van der Waals surface area contributed by atoms with Crippen molar-refractivity contribution in [3.63, 3.8) is 0 Å². The highest BCUT2D eigenvalue weighted by atomic mass is 16.5. The Morgan fingerprint density at radius 2 is 1.52 bits per heavy atom. The molecule has 1 amide bonds. The van der Waals surface area contributed by atoms with Crippen molar-refractivity contribution in [3.8, 4) is 16.9 Å². The summed E-state index contributed by atoms with van der Waals surface area (Å²) in [7, 11) is 5.69. The quantitative estimate of drug-likeness (QED) is 0.625. The molecule has 3 aromatic carbocycles. The number of ether oxygens (including phenoxy) is 1. The number of nitrogens with one attached hydrogen (secondary N) is 1. The van der Waals surface area contributed by atoms with Gasteiger partial charge in [0.15, 0.2) is 0 Å². The molecule has 0 unspecified atom stereocenters. The fraction of sp³-hybridized carbons (Fsp3) is 0.240. The summed E-state index contributed by atoms with van der Waals surface area (Å²) in [5.41, 5.74) is 4.48. The normalized spacial score (nSPS) is 11.9. The number of hydrogen-bond acceptors (Lipinski definition) is 3. The maximum Gasteiger partial charge on any atom is 0.224 e. The molecule has 150 valence electrons. The number of amides is 1. The van der Waals surface area contributed by atoms with Crippen molar-refractivity contribution in [2.75, 3.05) is 27.7 Å². The van der Waals surface area contributed by atoms with Gasteiger partial charge >= 0.3 is 0 Å². The van der Waals surface area contributed by atoms with Crippen LogP contribution in [0.3, 0.4) is 0 Å². The van der Waals surface area contributed by atoms with Gasteiger partial charge in [0.1, 0.15) is 5.75 Å². The van der Waals surface area contributed by atoms with Crippen molar-refractivity contribution in [3.05, 3.63) is 90.0 Å². The van der Waals surface area contributed by atoms with Gasteiger partial charge in [0, 0.05) is 6.54 Å². The SMILES string of the molecule is COc1ccc([C@@H](CNC(=O)Cc2ccc(-c3ccccc3)cc2)N(C)C)cc1. The number of carbonyl (C=O) groups excluding carboxylic acids is 1. The van der Waals surface area contributed by atoms with E-state index in [1.165, 1.54) is 5.56 Å². The predicted octanol–water partition coefficient (Wildman–Crippen LogP) is 4.32. The third-order valence-electron chi connectivity index (χ3n) is 5.04. The third-order valence-corrected chi connectivity index (χ3v) is 5.04. The van der Waals surface area contributed by atoms with Gasteiger partial charge in [-0.1, -0.05) is 66.7 Å². The van der Waals surface area contributed by atoms with E-state index in [0.717, 1.165) is 22.4 Å². The Hall–Kier alpha value is -3.11. The molecule has 0 aliphatic heterocycles. The number of likely N-dealkylation sites (N-methyl/N-ethyl adjacent to an activating group) is 1. The summed E-state index contributed by atoms with van der Waals surface area (Å²) >= 11 is 0. The van der Waals surface area contributed by atoms with E-state index < -0.39 is 0 Å². The Morgan fingerprint density at radius 1 is 0.897 bits per heavy atom. The first-order valence-corrected chi connectivity index (χ1v) is 9.78. The van der Waals surface area contributed by atoms with Crippen LogP contribution in [0.5, 0.6) is 5.75 Å². The van der Waals surface area contributed by atoms with Gasteiger partial charge in [0.2, 0.25) is 5.91 Å². The highest BCUT2D eigenvalue weighted by molar-refractivity contribution is 5.79. The molecule has 0 spiro atoms. The molecule has 3 rings (SSSR count). The summed E-state index contributed by atoms with van der Waals surface area (Å²) in [5.74, 6) is 0.854. The number of carbonyl (C=O) groups is 1. The van der Waals surface area contributed by atoms with Crippen molar-refractivity contribution in [1.82, 2.24) is 10.2 Å². The summed E-state index contributed by atoms with van der Waals surface area (Å²) in [6.45, 7) is 0.556. The standard InChI is InChI=1S/C25H28N2O2/c1-27(2)24(22-13-15-23(29-3)16-14-22)18-26-25(28)17-19-9-11-21(12-10-19)20-7-5-4-6-8-20/h4-16,24H,17-18H2,1-3H3,(H,26,28)/t24-/m1/s1. The minimum absolute atomic E-state index is 0.0258. The molecule has 0 saturated carbocycles. The minimum Gasteiger partial charge on any atom is -0.497 e. The zero-order valence-electron chi connectivity index (χ0n) is 17.3. The summed E-state index contributed by atoms with van der Waals surface area (Å²) < 4.78 is 5.23. The Balaban J connectivity index is 1.57. The lowest BCUT2D eigenvalue weighted by Gasteiger charge is -2.25. The molecule has 0 aromatic heterocycles. The highest BCUT2D eigenvalue weighted by Crippen LogP contribution is 2.21. The topological polar surface area (TPSA) is 41.6 Å².